The molecule has 0 fully saturated rings. The van der Waals surface area contributed by atoms with E-state index >= 15 is 0 Å². The zero-order valence-electron chi connectivity index (χ0n) is 9.46. The largest absolute Gasteiger partial charge is 0.394 e. The molecule has 86 valence electrons. The van der Waals surface area contributed by atoms with Crippen LogP contribution in [0.15, 0.2) is 24.7 Å². The Labute approximate surface area is 94.1 Å². The van der Waals surface area contributed by atoms with Gasteiger partial charge in [-0.05, 0) is 12.0 Å². The summed E-state index contributed by atoms with van der Waals surface area (Å²) >= 11 is 0. The van der Waals surface area contributed by atoms with Gasteiger partial charge in [0.15, 0.2) is 5.82 Å². The van der Waals surface area contributed by atoms with Crippen LogP contribution in [0.25, 0.3) is 5.52 Å². The van der Waals surface area contributed by atoms with Crippen LogP contribution in [0.2, 0.25) is 0 Å². The summed E-state index contributed by atoms with van der Waals surface area (Å²) in [5.41, 5.74) is 0.918. The van der Waals surface area contributed by atoms with Crippen molar-refractivity contribution >= 4 is 11.3 Å². The fourth-order valence-electron chi connectivity index (χ4n) is 1.57. The molecule has 0 aliphatic carbocycles. The number of aliphatic hydroxyl groups is 1. The van der Waals surface area contributed by atoms with Crippen molar-refractivity contribution in [2.75, 3.05) is 11.9 Å². The Hall–Kier alpha value is -1.62. The van der Waals surface area contributed by atoms with Gasteiger partial charge in [0.05, 0.1) is 18.8 Å². The highest BCUT2D eigenvalue weighted by Crippen LogP contribution is 2.15. The highest BCUT2D eigenvalue weighted by atomic mass is 16.3. The second-order valence-corrected chi connectivity index (χ2v) is 4.11. The van der Waals surface area contributed by atoms with Crippen LogP contribution in [-0.4, -0.2) is 32.4 Å². The van der Waals surface area contributed by atoms with Gasteiger partial charge >= 0.3 is 0 Å². The lowest BCUT2D eigenvalue weighted by Gasteiger charge is -2.20. The van der Waals surface area contributed by atoms with Crippen LogP contribution in [0.1, 0.15) is 13.8 Å². The number of aliphatic hydroxyl groups excluding tert-OH is 1. The van der Waals surface area contributed by atoms with E-state index in [0.717, 1.165) is 11.3 Å². The molecular formula is C11H16N4O. The summed E-state index contributed by atoms with van der Waals surface area (Å²) in [5, 5.41) is 16.6. The van der Waals surface area contributed by atoms with Gasteiger partial charge in [-0.2, -0.15) is 5.10 Å². The minimum absolute atomic E-state index is 0.00796. The summed E-state index contributed by atoms with van der Waals surface area (Å²) in [4.78, 5) is 4.27. The smallest absolute Gasteiger partial charge is 0.152 e. The fourth-order valence-corrected chi connectivity index (χ4v) is 1.57. The molecule has 0 aromatic carbocycles. The second kappa shape index (κ2) is 4.49. The van der Waals surface area contributed by atoms with Gasteiger partial charge in [0, 0.05) is 12.4 Å². The topological polar surface area (TPSA) is 62.5 Å². The van der Waals surface area contributed by atoms with Gasteiger partial charge in [-0.15, -0.1) is 0 Å². The molecule has 2 N–H and O–H groups in total. The number of nitrogens with zero attached hydrogens (tertiary/aromatic N) is 3. The van der Waals surface area contributed by atoms with Crippen LogP contribution in [0.3, 0.4) is 0 Å². The standard InChI is InChI=1S/C11H16N4O/c1-8(2)9(7-16)14-11-10-3-4-13-15(10)6-5-12-11/h3-6,8-9,16H,7H2,1-2H3,(H,12,14). The third-order valence-electron chi connectivity index (χ3n) is 2.65. The predicted octanol–water partition coefficient (Wildman–Crippen LogP) is 1.16. The average molecular weight is 220 g/mol. The first-order chi connectivity index (χ1) is 7.72. The van der Waals surface area contributed by atoms with Crippen LogP contribution in [0, 0.1) is 5.92 Å². The molecule has 0 amide bonds. The van der Waals surface area contributed by atoms with E-state index in [1.165, 1.54) is 0 Å². The van der Waals surface area contributed by atoms with Crippen molar-refractivity contribution in [2.24, 2.45) is 5.92 Å². The Kier molecular flexibility index (Phi) is 3.05. The van der Waals surface area contributed by atoms with Gasteiger partial charge in [-0.1, -0.05) is 13.8 Å². The second-order valence-electron chi connectivity index (χ2n) is 4.11. The van der Waals surface area contributed by atoms with Crippen molar-refractivity contribution in [3.63, 3.8) is 0 Å². The number of aromatic nitrogens is 3. The van der Waals surface area contributed by atoms with E-state index < -0.39 is 0 Å². The molecule has 5 nitrogen and oxygen atoms in total. The van der Waals surface area contributed by atoms with Gasteiger partial charge in [-0.25, -0.2) is 9.50 Å². The van der Waals surface area contributed by atoms with Gasteiger partial charge in [0.25, 0.3) is 0 Å². The number of rotatable bonds is 4. The monoisotopic (exact) mass is 220 g/mol. The van der Waals surface area contributed by atoms with Crippen molar-refractivity contribution in [3.05, 3.63) is 24.7 Å². The van der Waals surface area contributed by atoms with E-state index in [4.69, 9.17) is 0 Å². The lowest BCUT2D eigenvalue weighted by atomic mass is 10.1. The van der Waals surface area contributed by atoms with Gasteiger partial charge in [0.1, 0.15) is 5.52 Å². The van der Waals surface area contributed by atoms with Crippen LogP contribution in [-0.2, 0) is 0 Å². The van der Waals surface area contributed by atoms with Crippen molar-refractivity contribution in [2.45, 2.75) is 19.9 Å². The van der Waals surface area contributed by atoms with Gasteiger partial charge in [-0.3, -0.25) is 0 Å². The summed E-state index contributed by atoms with van der Waals surface area (Å²) in [6.07, 6.45) is 5.21. The third kappa shape index (κ3) is 1.99. The molecule has 2 heterocycles. The molecule has 2 aromatic heterocycles. The average Bonchev–Trinajstić information content (AvgIpc) is 2.73. The molecule has 0 bridgehead atoms. The number of fused-ring (bicyclic) bond motifs is 1. The molecule has 0 spiro atoms. The van der Waals surface area contributed by atoms with Crippen LogP contribution in [0.5, 0.6) is 0 Å². The molecule has 0 aliphatic heterocycles. The lowest BCUT2D eigenvalue weighted by molar-refractivity contribution is 0.249. The SMILES string of the molecule is CC(C)C(CO)Nc1nccn2nccc12. The summed E-state index contributed by atoms with van der Waals surface area (Å²) in [5.74, 6) is 1.10. The lowest BCUT2D eigenvalue weighted by Crippen LogP contribution is -2.30. The van der Waals surface area contributed by atoms with Crippen LogP contribution < -0.4 is 5.32 Å². The van der Waals surface area contributed by atoms with Crippen molar-refractivity contribution in [1.29, 1.82) is 0 Å². The van der Waals surface area contributed by atoms with Crippen molar-refractivity contribution in [1.82, 2.24) is 14.6 Å². The zero-order valence-corrected chi connectivity index (χ0v) is 9.46. The number of hydrogen-bond donors (Lipinski definition) is 2. The Balaban J connectivity index is 2.29. The molecule has 0 saturated heterocycles. The Bertz CT molecular complexity index is 466. The maximum atomic E-state index is 9.27. The van der Waals surface area contributed by atoms with Gasteiger partial charge in [0.2, 0.25) is 0 Å². The molecule has 5 heteroatoms. The summed E-state index contributed by atoms with van der Waals surface area (Å²) in [6.45, 7) is 4.21. The maximum absolute atomic E-state index is 9.27. The quantitative estimate of drug-likeness (QED) is 0.811. The van der Waals surface area contributed by atoms with E-state index in [1.54, 1.807) is 23.1 Å². The molecular weight excluding hydrogens is 204 g/mol. The summed E-state index contributed by atoms with van der Waals surface area (Å²) in [7, 11) is 0. The molecule has 2 aromatic rings. The number of hydrogen-bond acceptors (Lipinski definition) is 4. The van der Waals surface area contributed by atoms with Crippen LogP contribution >= 0.6 is 0 Å². The van der Waals surface area contributed by atoms with Crippen molar-refractivity contribution in [3.8, 4) is 0 Å². The molecule has 1 atom stereocenters. The molecule has 1 unspecified atom stereocenters. The van der Waals surface area contributed by atoms with Crippen molar-refractivity contribution < 1.29 is 5.11 Å². The first-order valence-corrected chi connectivity index (χ1v) is 5.38. The van der Waals surface area contributed by atoms with Gasteiger partial charge < -0.3 is 10.4 Å². The predicted molar refractivity (Wildman–Crippen MR) is 62.3 cm³/mol. The Morgan fingerprint density at radius 2 is 2.25 bits per heavy atom. The third-order valence-corrected chi connectivity index (χ3v) is 2.65. The number of anilines is 1. The molecule has 0 saturated carbocycles. The first kappa shape index (κ1) is 10.9. The molecule has 2 rings (SSSR count). The number of nitrogens with one attached hydrogen (secondary N) is 1. The highest BCUT2D eigenvalue weighted by molar-refractivity contribution is 5.67. The summed E-state index contributed by atoms with van der Waals surface area (Å²) < 4.78 is 1.75. The summed E-state index contributed by atoms with van der Waals surface area (Å²) in [6, 6.07) is 1.90. The van der Waals surface area contributed by atoms with E-state index in [1.807, 2.05) is 6.07 Å². The normalized spacial score (nSPS) is 13.2. The highest BCUT2D eigenvalue weighted by Gasteiger charge is 2.13. The van der Waals surface area contributed by atoms with E-state index in [0.29, 0.717) is 5.92 Å². The minimum Gasteiger partial charge on any atom is -0.394 e. The van der Waals surface area contributed by atoms with E-state index in [2.05, 4.69) is 29.2 Å². The Morgan fingerprint density at radius 3 is 2.94 bits per heavy atom. The van der Waals surface area contributed by atoms with E-state index in [9.17, 15) is 5.11 Å². The molecule has 0 radical (unpaired) electrons. The Morgan fingerprint density at radius 1 is 1.44 bits per heavy atom. The molecule has 0 aliphatic rings. The van der Waals surface area contributed by atoms with Crippen LogP contribution in [0.4, 0.5) is 5.82 Å². The minimum atomic E-state index is 0.00796. The zero-order chi connectivity index (χ0) is 11.5. The first-order valence-electron chi connectivity index (χ1n) is 5.38. The fraction of sp³-hybridized carbons (Fsp3) is 0.455. The molecule has 16 heavy (non-hydrogen) atoms. The maximum Gasteiger partial charge on any atom is 0.152 e. The van der Waals surface area contributed by atoms with E-state index in [-0.39, 0.29) is 12.6 Å².